The van der Waals surface area contributed by atoms with Crippen LogP contribution in [0.5, 0.6) is 0 Å². The lowest BCUT2D eigenvalue weighted by atomic mass is 9.99. The molecule has 0 heterocycles. The molecular weight excluding hydrogens is 182 g/mol. The third-order valence-electron chi connectivity index (χ3n) is 3.86. The van der Waals surface area contributed by atoms with Gasteiger partial charge in [0.05, 0.1) is 0 Å². The van der Waals surface area contributed by atoms with Gasteiger partial charge in [0.25, 0.3) is 0 Å². The molecule has 2 aliphatic rings. The quantitative estimate of drug-likeness (QED) is 0.798. The fourth-order valence-electron chi connectivity index (χ4n) is 2.72. The summed E-state index contributed by atoms with van der Waals surface area (Å²) >= 11 is 0. The molecule has 0 amide bonds. The van der Waals surface area contributed by atoms with Crippen molar-refractivity contribution in [3.8, 4) is 0 Å². The van der Waals surface area contributed by atoms with Crippen LogP contribution in [0.15, 0.2) is 18.2 Å². The van der Waals surface area contributed by atoms with Crippen LogP contribution in [0.1, 0.15) is 36.0 Å². The highest BCUT2D eigenvalue weighted by Crippen LogP contribution is 2.33. The zero-order chi connectivity index (χ0) is 10.3. The first-order chi connectivity index (χ1) is 7.33. The van der Waals surface area contributed by atoms with Crippen molar-refractivity contribution < 1.29 is 0 Å². The number of fused-ring (bicyclic) bond motifs is 1. The summed E-state index contributed by atoms with van der Waals surface area (Å²) < 4.78 is 0. The minimum atomic E-state index is 0.407. The summed E-state index contributed by atoms with van der Waals surface area (Å²) in [6.45, 7) is 0. The topological polar surface area (TPSA) is 26.0 Å². The Labute approximate surface area is 91.7 Å². The molecule has 1 unspecified atom stereocenters. The van der Waals surface area contributed by atoms with Crippen molar-refractivity contribution >= 4 is 0 Å². The van der Waals surface area contributed by atoms with Gasteiger partial charge in [0.1, 0.15) is 0 Å². The van der Waals surface area contributed by atoms with Gasteiger partial charge in [-0.25, -0.2) is 0 Å². The number of rotatable bonds is 3. The average Bonchev–Trinajstić information content (AvgIpc) is 2.98. The van der Waals surface area contributed by atoms with Gasteiger partial charge in [0.2, 0.25) is 0 Å². The van der Waals surface area contributed by atoms with E-state index in [4.69, 9.17) is 5.73 Å². The Morgan fingerprint density at radius 3 is 2.80 bits per heavy atom. The van der Waals surface area contributed by atoms with E-state index < -0.39 is 0 Å². The summed E-state index contributed by atoms with van der Waals surface area (Å²) in [6, 6.07) is 7.40. The Balaban J connectivity index is 1.74. The predicted octanol–water partition coefficient (Wildman–Crippen LogP) is 2.46. The first kappa shape index (κ1) is 9.41. The standard InChI is InChI=1S/C14H19N/c15-14(12-6-7-12)9-10-4-5-11-2-1-3-13(11)8-10/h4-5,8,12,14H,1-3,6-7,9,15H2. The van der Waals surface area contributed by atoms with Crippen LogP contribution in [0.2, 0.25) is 0 Å². The zero-order valence-corrected chi connectivity index (χ0v) is 9.21. The van der Waals surface area contributed by atoms with Crippen molar-refractivity contribution in [3.05, 3.63) is 34.9 Å². The summed E-state index contributed by atoms with van der Waals surface area (Å²) in [4.78, 5) is 0. The van der Waals surface area contributed by atoms with Crippen LogP contribution in [0.25, 0.3) is 0 Å². The largest absolute Gasteiger partial charge is 0.327 e. The molecule has 0 saturated heterocycles. The van der Waals surface area contributed by atoms with Crippen molar-refractivity contribution in [2.45, 2.75) is 44.6 Å². The average molecular weight is 201 g/mol. The lowest BCUT2D eigenvalue weighted by Crippen LogP contribution is -2.25. The molecule has 1 heteroatoms. The number of nitrogens with two attached hydrogens (primary N) is 1. The van der Waals surface area contributed by atoms with Crippen molar-refractivity contribution in [1.82, 2.24) is 0 Å². The summed E-state index contributed by atoms with van der Waals surface area (Å²) in [5.41, 5.74) is 10.8. The van der Waals surface area contributed by atoms with Crippen LogP contribution in [0, 0.1) is 5.92 Å². The molecule has 15 heavy (non-hydrogen) atoms. The molecule has 2 aliphatic carbocycles. The summed E-state index contributed by atoms with van der Waals surface area (Å²) in [6.07, 6.45) is 7.69. The second kappa shape index (κ2) is 3.64. The van der Waals surface area contributed by atoms with Crippen molar-refractivity contribution in [2.24, 2.45) is 11.7 Å². The van der Waals surface area contributed by atoms with Gasteiger partial charge < -0.3 is 5.73 Å². The molecule has 1 fully saturated rings. The fourth-order valence-corrected chi connectivity index (χ4v) is 2.72. The molecule has 0 spiro atoms. The van der Waals surface area contributed by atoms with Crippen molar-refractivity contribution in [2.75, 3.05) is 0 Å². The van der Waals surface area contributed by atoms with Gasteiger partial charge >= 0.3 is 0 Å². The molecule has 0 aromatic heterocycles. The Morgan fingerprint density at radius 2 is 2.00 bits per heavy atom. The minimum Gasteiger partial charge on any atom is -0.327 e. The van der Waals surface area contributed by atoms with Gasteiger partial charge in [-0.2, -0.15) is 0 Å². The summed E-state index contributed by atoms with van der Waals surface area (Å²) in [5, 5.41) is 0. The molecule has 0 bridgehead atoms. The van der Waals surface area contributed by atoms with E-state index in [1.54, 1.807) is 11.1 Å². The second-order valence-electron chi connectivity index (χ2n) is 5.16. The number of aryl methyl sites for hydroxylation is 2. The second-order valence-corrected chi connectivity index (χ2v) is 5.16. The van der Waals surface area contributed by atoms with E-state index in [-0.39, 0.29) is 0 Å². The van der Waals surface area contributed by atoms with Crippen LogP contribution in [-0.4, -0.2) is 6.04 Å². The fraction of sp³-hybridized carbons (Fsp3) is 0.571. The monoisotopic (exact) mass is 201 g/mol. The van der Waals surface area contributed by atoms with E-state index in [9.17, 15) is 0 Å². The Bertz CT molecular complexity index is 366. The van der Waals surface area contributed by atoms with Gasteiger partial charge in [-0.1, -0.05) is 18.2 Å². The smallest absolute Gasteiger partial charge is 0.0108 e. The molecule has 1 aromatic carbocycles. The molecule has 1 saturated carbocycles. The predicted molar refractivity (Wildman–Crippen MR) is 62.9 cm³/mol. The molecule has 1 aromatic rings. The molecule has 1 nitrogen and oxygen atoms in total. The van der Waals surface area contributed by atoms with Crippen LogP contribution in [0.4, 0.5) is 0 Å². The molecular formula is C14H19N. The van der Waals surface area contributed by atoms with Crippen LogP contribution < -0.4 is 5.73 Å². The molecule has 2 N–H and O–H groups in total. The van der Waals surface area contributed by atoms with E-state index in [0.29, 0.717) is 6.04 Å². The van der Waals surface area contributed by atoms with E-state index >= 15 is 0 Å². The van der Waals surface area contributed by atoms with E-state index in [1.807, 2.05) is 0 Å². The highest BCUT2D eigenvalue weighted by atomic mass is 14.7. The maximum absolute atomic E-state index is 6.16. The van der Waals surface area contributed by atoms with Crippen LogP contribution in [-0.2, 0) is 19.3 Å². The van der Waals surface area contributed by atoms with E-state index in [1.165, 1.54) is 37.7 Å². The molecule has 0 aliphatic heterocycles. The summed E-state index contributed by atoms with van der Waals surface area (Å²) in [7, 11) is 0. The number of benzene rings is 1. The van der Waals surface area contributed by atoms with Crippen LogP contribution >= 0.6 is 0 Å². The number of hydrogen-bond donors (Lipinski definition) is 1. The maximum atomic E-state index is 6.16. The number of hydrogen-bond acceptors (Lipinski definition) is 1. The van der Waals surface area contributed by atoms with Crippen LogP contribution in [0.3, 0.4) is 0 Å². The van der Waals surface area contributed by atoms with Crippen molar-refractivity contribution in [3.63, 3.8) is 0 Å². The van der Waals surface area contributed by atoms with Gasteiger partial charge in [0, 0.05) is 6.04 Å². The van der Waals surface area contributed by atoms with Gasteiger partial charge in [-0.05, 0) is 61.1 Å². The van der Waals surface area contributed by atoms with Crippen molar-refractivity contribution in [1.29, 1.82) is 0 Å². The SMILES string of the molecule is NC(Cc1ccc2c(c1)CCC2)C1CC1. The molecule has 0 radical (unpaired) electrons. The van der Waals surface area contributed by atoms with Gasteiger partial charge in [-0.15, -0.1) is 0 Å². The molecule has 1 atom stereocenters. The normalized spacial score (nSPS) is 21.4. The summed E-state index contributed by atoms with van der Waals surface area (Å²) in [5.74, 6) is 0.818. The first-order valence-electron chi connectivity index (χ1n) is 6.19. The third kappa shape index (κ3) is 1.93. The Kier molecular flexibility index (Phi) is 2.28. The lowest BCUT2D eigenvalue weighted by Gasteiger charge is -2.11. The Hall–Kier alpha value is -0.820. The zero-order valence-electron chi connectivity index (χ0n) is 9.21. The third-order valence-corrected chi connectivity index (χ3v) is 3.86. The lowest BCUT2D eigenvalue weighted by molar-refractivity contribution is 0.591. The molecule has 3 rings (SSSR count). The maximum Gasteiger partial charge on any atom is 0.0108 e. The van der Waals surface area contributed by atoms with Gasteiger partial charge in [0.15, 0.2) is 0 Å². The Morgan fingerprint density at radius 1 is 1.20 bits per heavy atom. The highest BCUT2D eigenvalue weighted by Gasteiger charge is 2.28. The van der Waals surface area contributed by atoms with Gasteiger partial charge in [-0.3, -0.25) is 0 Å². The van der Waals surface area contributed by atoms with E-state index in [0.717, 1.165) is 12.3 Å². The highest BCUT2D eigenvalue weighted by molar-refractivity contribution is 5.35. The first-order valence-corrected chi connectivity index (χ1v) is 6.19. The molecule has 80 valence electrons. The van der Waals surface area contributed by atoms with E-state index in [2.05, 4.69) is 18.2 Å². The minimum absolute atomic E-state index is 0.407.